The van der Waals surface area contributed by atoms with E-state index in [1.165, 1.54) is 6.07 Å². The van der Waals surface area contributed by atoms with Crippen LogP contribution in [-0.4, -0.2) is 15.9 Å². The van der Waals surface area contributed by atoms with Crippen LogP contribution in [0.25, 0.3) is 0 Å². The number of anilines is 2. The Labute approximate surface area is 164 Å². The van der Waals surface area contributed by atoms with Crippen LogP contribution in [0.2, 0.25) is 0 Å². The second kappa shape index (κ2) is 8.39. The van der Waals surface area contributed by atoms with Gasteiger partial charge in [0.25, 0.3) is 5.91 Å². The molecule has 0 bridgehead atoms. The molecule has 0 aliphatic carbocycles. The molecule has 0 saturated carbocycles. The van der Waals surface area contributed by atoms with E-state index in [0.29, 0.717) is 11.3 Å². The van der Waals surface area contributed by atoms with Crippen LogP contribution in [0.4, 0.5) is 24.8 Å². The maximum absolute atomic E-state index is 13.5. The summed E-state index contributed by atoms with van der Waals surface area (Å²) < 4.78 is 40.4. The van der Waals surface area contributed by atoms with E-state index >= 15 is 0 Å². The van der Waals surface area contributed by atoms with Gasteiger partial charge >= 0.3 is 6.18 Å². The number of benzene rings is 2. The van der Waals surface area contributed by atoms with Crippen molar-refractivity contribution in [3.05, 3.63) is 83.2 Å². The van der Waals surface area contributed by atoms with Crippen LogP contribution < -0.4 is 10.6 Å². The zero-order valence-electron chi connectivity index (χ0n) is 14.9. The van der Waals surface area contributed by atoms with Gasteiger partial charge < -0.3 is 10.6 Å². The normalized spacial score (nSPS) is 10.8. The topological polar surface area (TPSA) is 90.7 Å². The quantitative estimate of drug-likeness (QED) is 0.678. The molecule has 0 unspecified atom stereocenters. The number of hydrogen-bond donors (Lipinski definition) is 2. The van der Waals surface area contributed by atoms with Gasteiger partial charge in [0, 0.05) is 18.4 Å². The summed E-state index contributed by atoms with van der Waals surface area (Å²) >= 11 is 0. The molecule has 3 aromatic rings. The maximum atomic E-state index is 13.5. The first-order valence-electron chi connectivity index (χ1n) is 8.40. The van der Waals surface area contributed by atoms with Crippen LogP contribution in [0.3, 0.4) is 0 Å². The number of alkyl halides is 3. The van der Waals surface area contributed by atoms with Crippen molar-refractivity contribution in [3.63, 3.8) is 0 Å². The highest BCUT2D eigenvalue weighted by Gasteiger charge is 2.38. The summed E-state index contributed by atoms with van der Waals surface area (Å²) in [6.07, 6.45) is -4.03. The van der Waals surface area contributed by atoms with E-state index in [4.69, 9.17) is 5.26 Å². The molecule has 1 aromatic heterocycles. The Balaban J connectivity index is 1.84. The molecule has 0 atom stereocenters. The number of amides is 1. The number of carbonyl (C=O) groups excluding carboxylic acids is 1. The third-order valence-corrected chi connectivity index (χ3v) is 3.85. The van der Waals surface area contributed by atoms with E-state index in [9.17, 15) is 18.0 Å². The SMILES string of the molecule is N#Cc1cccc(Nc2ncc(C(=O)NCc3ccccc3)c(C(F)(F)F)n2)c1. The third-order valence-electron chi connectivity index (χ3n) is 3.85. The van der Waals surface area contributed by atoms with Crippen LogP contribution in [-0.2, 0) is 12.7 Å². The Hall–Kier alpha value is -3.93. The van der Waals surface area contributed by atoms with E-state index in [-0.39, 0.29) is 12.5 Å². The van der Waals surface area contributed by atoms with Crippen molar-refractivity contribution < 1.29 is 18.0 Å². The van der Waals surface area contributed by atoms with Crippen molar-refractivity contribution in [3.8, 4) is 6.07 Å². The van der Waals surface area contributed by atoms with Crippen LogP contribution >= 0.6 is 0 Å². The summed E-state index contributed by atoms with van der Waals surface area (Å²) in [7, 11) is 0. The zero-order valence-corrected chi connectivity index (χ0v) is 14.9. The Kier molecular flexibility index (Phi) is 5.74. The summed E-state index contributed by atoms with van der Waals surface area (Å²) in [6.45, 7) is 0.0674. The Morgan fingerprint density at radius 2 is 1.86 bits per heavy atom. The number of rotatable bonds is 5. The molecule has 1 amide bonds. The lowest BCUT2D eigenvalue weighted by molar-refractivity contribution is -0.141. The third kappa shape index (κ3) is 5.07. The van der Waals surface area contributed by atoms with Crippen LogP contribution in [0.1, 0.15) is 27.2 Å². The fourth-order valence-corrected chi connectivity index (χ4v) is 2.49. The van der Waals surface area contributed by atoms with Crippen molar-refractivity contribution in [2.24, 2.45) is 0 Å². The first-order valence-corrected chi connectivity index (χ1v) is 8.40. The highest BCUT2D eigenvalue weighted by molar-refractivity contribution is 5.95. The maximum Gasteiger partial charge on any atom is 0.434 e. The first-order chi connectivity index (χ1) is 13.9. The molecule has 3 rings (SSSR count). The smallest absolute Gasteiger partial charge is 0.348 e. The van der Waals surface area contributed by atoms with E-state index in [0.717, 1.165) is 11.8 Å². The van der Waals surface area contributed by atoms with Crippen molar-refractivity contribution in [2.45, 2.75) is 12.7 Å². The minimum absolute atomic E-state index is 0.0674. The molecule has 29 heavy (non-hydrogen) atoms. The van der Waals surface area contributed by atoms with Gasteiger partial charge in [-0.3, -0.25) is 4.79 Å². The Morgan fingerprint density at radius 3 is 2.55 bits per heavy atom. The Bertz CT molecular complexity index is 1060. The molecule has 6 nitrogen and oxygen atoms in total. The van der Waals surface area contributed by atoms with Crippen molar-refractivity contribution in [2.75, 3.05) is 5.32 Å². The number of hydrogen-bond acceptors (Lipinski definition) is 5. The average Bonchev–Trinajstić information content (AvgIpc) is 2.72. The number of nitrogens with zero attached hydrogens (tertiary/aromatic N) is 3. The number of nitriles is 1. The lowest BCUT2D eigenvalue weighted by atomic mass is 10.2. The molecular weight excluding hydrogens is 383 g/mol. The minimum atomic E-state index is -4.85. The molecule has 0 saturated heterocycles. The lowest BCUT2D eigenvalue weighted by Gasteiger charge is -2.13. The molecule has 0 aliphatic heterocycles. The van der Waals surface area contributed by atoms with Gasteiger partial charge in [-0.2, -0.15) is 18.4 Å². The molecule has 9 heteroatoms. The average molecular weight is 397 g/mol. The monoisotopic (exact) mass is 397 g/mol. The number of halogens is 3. The number of aromatic nitrogens is 2. The van der Waals surface area contributed by atoms with Gasteiger partial charge in [-0.15, -0.1) is 0 Å². The van der Waals surface area contributed by atoms with Gasteiger partial charge in [-0.05, 0) is 23.8 Å². The molecule has 2 aromatic carbocycles. The molecule has 146 valence electrons. The lowest BCUT2D eigenvalue weighted by Crippen LogP contribution is -2.27. The van der Waals surface area contributed by atoms with Gasteiger partial charge in [-0.1, -0.05) is 36.4 Å². The minimum Gasteiger partial charge on any atom is -0.348 e. The second-order valence-corrected chi connectivity index (χ2v) is 5.94. The summed E-state index contributed by atoms with van der Waals surface area (Å²) in [5.41, 5.74) is -0.617. The van der Waals surface area contributed by atoms with Gasteiger partial charge in [-0.25, -0.2) is 9.97 Å². The van der Waals surface area contributed by atoms with Crippen molar-refractivity contribution in [1.82, 2.24) is 15.3 Å². The van der Waals surface area contributed by atoms with E-state index in [1.807, 2.05) is 6.07 Å². The Morgan fingerprint density at radius 1 is 1.10 bits per heavy atom. The number of nitrogens with one attached hydrogen (secondary N) is 2. The van der Waals surface area contributed by atoms with E-state index in [1.54, 1.807) is 48.5 Å². The summed E-state index contributed by atoms with van der Waals surface area (Å²) in [6, 6.07) is 16.8. The second-order valence-electron chi connectivity index (χ2n) is 5.94. The predicted molar refractivity (Wildman–Crippen MR) is 99.1 cm³/mol. The molecule has 1 heterocycles. The number of carbonyl (C=O) groups is 1. The van der Waals surface area contributed by atoms with Gasteiger partial charge in [0.05, 0.1) is 17.2 Å². The van der Waals surface area contributed by atoms with Gasteiger partial charge in [0.1, 0.15) is 0 Å². The molecule has 0 aliphatic rings. The van der Waals surface area contributed by atoms with Crippen molar-refractivity contribution in [1.29, 1.82) is 5.26 Å². The van der Waals surface area contributed by atoms with E-state index in [2.05, 4.69) is 20.6 Å². The zero-order chi connectivity index (χ0) is 20.9. The van der Waals surface area contributed by atoms with Crippen molar-refractivity contribution >= 4 is 17.5 Å². The van der Waals surface area contributed by atoms with Gasteiger partial charge in [0.2, 0.25) is 5.95 Å². The van der Waals surface area contributed by atoms with Crippen LogP contribution in [0.15, 0.2) is 60.8 Å². The summed E-state index contributed by atoms with van der Waals surface area (Å²) in [5.74, 6) is -1.27. The van der Waals surface area contributed by atoms with E-state index < -0.39 is 23.3 Å². The summed E-state index contributed by atoms with van der Waals surface area (Å²) in [4.78, 5) is 19.6. The highest BCUT2D eigenvalue weighted by Crippen LogP contribution is 2.31. The molecule has 0 radical (unpaired) electrons. The standard InChI is InChI=1S/C20H14F3N5O/c21-20(22,23)17-16(18(29)25-11-13-5-2-1-3-6-13)12-26-19(28-17)27-15-8-4-7-14(9-15)10-24/h1-9,12H,11H2,(H,25,29)(H,26,27,28). The summed E-state index contributed by atoms with van der Waals surface area (Å²) in [5, 5.41) is 14.0. The largest absolute Gasteiger partial charge is 0.434 e. The molecule has 0 fully saturated rings. The van der Waals surface area contributed by atoms with Crippen LogP contribution in [0.5, 0.6) is 0 Å². The fraction of sp³-hybridized carbons (Fsp3) is 0.100. The first kappa shape index (κ1) is 19.8. The molecule has 0 spiro atoms. The fourth-order valence-electron chi connectivity index (χ4n) is 2.49. The predicted octanol–water partition coefficient (Wildman–Crippen LogP) is 4.04. The van der Waals surface area contributed by atoms with Gasteiger partial charge in [0.15, 0.2) is 5.69 Å². The highest BCUT2D eigenvalue weighted by atomic mass is 19.4. The molecular formula is C20H14F3N5O. The van der Waals surface area contributed by atoms with Crippen LogP contribution in [0, 0.1) is 11.3 Å². The molecule has 2 N–H and O–H groups in total.